The molecule has 1 aromatic heterocycles. The quantitative estimate of drug-likeness (QED) is 0.116. The van der Waals surface area contributed by atoms with Crippen molar-refractivity contribution in [3.63, 3.8) is 0 Å². The van der Waals surface area contributed by atoms with Gasteiger partial charge in [-0.1, -0.05) is 153 Å². The van der Waals surface area contributed by atoms with Crippen LogP contribution in [-0.2, 0) is 5.41 Å². The topological polar surface area (TPSA) is 41.9 Å². The van der Waals surface area contributed by atoms with Crippen LogP contribution in [0, 0.1) is 0 Å². The van der Waals surface area contributed by atoms with E-state index in [0.29, 0.717) is 23.0 Å². The van der Waals surface area contributed by atoms with Gasteiger partial charge in [0.25, 0.3) is 0 Å². The van der Waals surface area contributed by atoms with E-state index in [0.717, 1.165) is 55.7 Å². The Balaban J connectivity index is 1.03. The number of hydrogen-bond acceptors (Lipinski definition) is 4. The van der Waals surface area contributed by atoms with Crippen LogP contribution in [0.5, 0.6) is 0 Å². The summed E-state index contributed by atoms with van der Waals surface area (Å²) in [4.78, 5) is 17.2. The standard InChI is InChI=1S/C52H38N4/c1-52(2)45-32-36(24-23-35-25-29-44(30-26-35)56(42-19-11-5-12-20-42)43-21-13-6-14-22-43)31-39-27-28-40-33-41(34-46(52)48(40)47(39)45)51-54-49(37-15-7-3-8-16-37)53-50(55-51)38-17-9-4-10-18-38/h3-34H,1-2H3/b24-23+/i23D,24D. The number of rotatable bonds is 8. The fraction of sp³-hybridized carbons (Fsp3) is 0.0577. The van der Waals surface area contributed by atoms with Gasteiger partial charge in [-0.25, -0.2) is 15.0 Å². The zero-order valence-electron chi connectivity index (χ0n) is 33.1. The minimum Gasteiger partial charge on any atom is -0.311 e. The Bertz CT molecular complexity index is 2920. The van der Waals surface area contributed by atoms with Gasteiger partial charge in [0.2, 0.25) is 0 Å². The Hall–Kier alpha value is -7.17. The van der Waals surface area contributed by atoms with Crippen LogP contribution in [0.1, 0.15) is 38.8 Å². The van der Waals surface area contributed by atoms with Crippen LogP contribution in [0.15, 0.2) is 182 Å². The van der Waals surface area contributed by atoms with Crippen molar-refractivity contribution in [3.8, 4) is 34.2 Å². The van der Waals surface area contributed by atoms with E-state index >= 15 is 0 Å². The molecule has 4 nitrogen and oxygen atoms in total. The maximum atomic E-state index is 9.37. The highest BCUT2D eigenvalue weighted by Crippen LogP contribution is 2.50. The van der Waals surface area contributed by atoms with Crippen LogP contribution >= 0.6 is 0 Å². The van der Waals surface area contributed by atoms with Crippen molar-refractivity contribution in [1.29, 1.82) is 0 Å². The molecule has 0 radical (unpaired) electrons. The van der Waals surface area contributed by atoms with Crippen LogP contribution < -0.4 is 4.90 Å². The molecule has 0 N–H and O–H groups in total. The molecule has 0 spiro atoms. The lowest BCUT2D eigenvalue weighted by Crippen LogP contribution is -2.15. The second kappa shape index (κ2) is 13.6. The van der Waals surface area contributed by atoms with Gasteiger partial charge in [0.05, 0.1) is 2.74 Å². The molecule has 0 amide bonds. The fourth-order valence-corrected chi connectivity index (χ4v) is 8.04. The Labute approximate surface area is 329 Å². The van der Waals surface area contributed by atoms with Gasteiger partial charge in [-0.2, -0.15) is 0 Å². The Morgan fingerprint density at radius 2 is 0.857 bits per heavy atom. The Kier molecular flexibility index (Phi) is 7.58. The van der Waals surface area contributed by atoms with E-state index in [1.807, 2.05) is 121 Å². The molecule has 1 aliphatic carbocycles. The third-order valence-electron chi connectivity index (χ3n) is 10.8. The number of para-hydroxylation sites is 2. The maximum absolute atomic E-state index is 9.37. The Morgan fingerprint density at radius 3 is 1.39 bits per heavy atom. The molecule has 1 aliphatic rings. The van der Waals surface area contributed by atoms with Crippen LogP contribution in [0.3, 0.4) is 0 Å². The van der Waals surface area contributed by atoms with Crippen LogP contribution in [0.2, 0.25) is 0 Å². The summed E-state index contributed by atoms with van der Waals surface area (Å²) in [6.07, 6.45) is 0. The fourth-order valence-electron chi connectivity index (χ4n) is 8.04. The first-order valence-corrected chi connectivity index (χ1v) is 18.9. The van der Waals surface area contributed by atoms with Crippen molar-refractivity contribution in [2.75, 3.05) is 4.90 Å². The van der Waals surface area contributed by atoms with Crippen molar-refractivity contribution in [2.24, 2.45) is 0 Å². The third kappa shape index (κ3) is 5.93. The molecule has 8 aromatic carbocycles. The highest BCUT2D eigenvalue weighted by atomic mass is 15.1. The zero-order chi connectivity index (χ0) is 39.4. The summed E-state index contributed by atoms with van der Waals surface area (Å²) in [6.45, 7) is 4.50. The smallest absolute Gasteiger partial charge is 0.164 e. The second-order valence-corrected chi connectivity index (χ2v) is 14.8. The lowest BCUT2D eigenvalue weighted by molar-refractivity contribution is 0.663. The lowest BCUT2D eigenvalue weighted by Gasteiger charge is -2.25. The maximum Gasteiger partial charge on any atom is 0.164 e. The molecule has 0 saturated carbocycles. The molecule has 4 heteroatoms. The molecule has 56 heavy (non-hydrogen) atoms. The van der Waals surface area contributed by atoms with Gasteiger partial charge < -0.3 is 4.90 Å². The Morgan fingerprint density at radius 1 is 0.429 bits per heavy atom. The summed E-state index contributed by atoms with van der Waals surface area (Å²) in [5.41, 5.74) is 9.24. The summed E-state index contributed by atoms with van der Waals surface area (Å²) in [7, 11) is 0. The van der Waals surface area contributed by atoms with E-state index < -0.39 is 0 Å². The molecule has 0 fully saturated rings. The predicted octanol–water partition coefficient (Wildman–Crippen LogP) is 13.5. The molecule has 266 valence electrons. The molecule has 1 heterocycles. The van der Waals surface area contributed by atoms with Gasteiger partial charge >= 0.3 is 0 Å². The largest absolute Gasteiger partial charge is 0.311 e. The summed E-state index contributed by atoms with van der Waals surface area (Å²) in [5.74, 6) is 1.88. The van der Waals surface area contributed by atoms with Gasteiger partial charge in [0.15, 0.2) is 17.5 Å². The van der Waals surface area contributed by atoms with E-state index in [1.165, 1.54) is 16.3 Å². The summed E-state index contributed by atoms with van der Waals surface area (Å²) in [6, 6.07) is 61.9. The first kappa shape index (κ1) is 31.2. The first-order chi connectivity index (χ1) is 28.3. The molecular weight excluding hydrogens is 681 g/mol. The molecule has 10 rings (SSSR count). The van der Waals surface area contributed by atoms with E-state index in [-0.39, 0.29) is 17.5 Å². The van der Waals surface area contributed by atoms with Gasteiger partial charge in [-0.05, 0) is 98.4 Å². The predicted molar refractivity (Wildman–Crippen MR) is 233 cm³/mol. The van der Waals surface area contributed by atoms with Gasteiger partial charge in [-0.3, -0.25) is 0 Å². The molecule has 0 saturated heterocycles. The monoisotopic (exact) mass is 720 g/mol. The summed E-state index contributed by atoms with van der Waals surface area (Å²) in [5, 5.41) is 4.59. The average Bonchev–Trinajstić information content (AvgIpc) is 3.52. The summed E-state index contributed by atoms with van der Waals surface area (Å²) < 4.78 is 18.6. The summed E-state index contributed by atoms with van der Waals surface area (Å²) >= 11 is 0. The van der Waals surface area contributed by atoms with Gasteiger partial charge in [0, 0.05) is 39.2 Å². The highest BCUT2D eigenvalue weighted by molar-refractivity contribution is 6.16. The molecule has 9 aromatic rings. The minimum absolute atomic E-state index is 0.180. The third-order valence-corrected chi connectivity index (χ3v) is 10.8. The zero-order valence-corrected chi connectivity index (χ0v) is 31.1. The van der Waals surface area contributed by atoms with Crippen molar-refractivity contribution >= 4 is 50.7 Å². The molecular formula is C52H38N4. The molecule has 0 atom stereocenters. The number of benzene rings is 8. The van der Waals surface area contributed by atoms with Crippen LogP contribution in [0.4, 0.5) is 17.1 Å². The minimum atomic E-state index is -0.383. The molecule has 0 unspecified atom stereocenters. The van der Waals surface area contributed by atoms with E-state index in [4.69, 9.17) is 15.0 Å². The van der Waals surface area contributed by atoms with Crippen molar-refractivity contribution in [3.05, 3.63) is 204 Å². The lowest BCUT2D eigenvalue weighted by atomic mass is 9.80. The van der Waals surface area contributed by atoms with Crippen molar-refractivity contribution < 1.29 is 2.74 Å². The van der Waals surface area contributed by atoms with Crippen LogP contribution in [0.25, 0.3) is 67.8 Å². The average molecular weight is 721 g/mol. The van der Waals surface area contributed by atoms with E-state index in [2.05, 4.69) is 79.4 Å². The highest BCUT2D eigenvalue weighted by Gasteiger charge is 2.35. The SMILES string of the molecule is [2H]/C(=C(/[2H])c1cc2c3c(ccc4cc(-c5nc(-c6ccccc6)nc(-c6ccccc6)n5)cc(c43)C2(C)C)c1)c1ccc(N(c2ccccc2)c2ccccc2)cc1. The number of aromatic nitrogens is 3. The van der Waals surface area contributed by atoms with Gasteiger partial charge in [-0.15, -0.1) is 0 Å². The first-order valence-electron chi connectivity index (χ1n) is 19.9. The number of anilines is 3. The number of hydrogen-bond donors (Lipinski definition) is 0. The van der Waals surface area contributed by atoms with E-state index in [1.54, 1.807) is 0 Å². The molecule has 0 bridgehead atoms. The normalized spacial score (nSPS) is 13.8. The van der Waals surface area contributed by atoms with Crippen LogP contribution in [-0.4, -0.2) is 15.0 Å². The van der Waals surface area contributed by atoms with Crippen molar-refractivity contribution in [2.45, 2.75) is 19.3 Å². The van der Waals surface area contributed by atoms with Gasteiger partial charge in [0.1, 0.15) is 0 Å². The number of nitrogens with zero attached hydrogens (tertiary/aromatic N) is 4. The van der Waals surface area contributed by atoms with Crippen molar-refractivity contribution in [1.82, 2.24) is 15.0 Å². The van der Waals surface area contributed by atoms with E-state index in [9.17, 15) is 2.74 Å². The second-order valence-electron chi connectivity index (χ2n) is 14.8. The molecule has 0 aliphatic heterocycles.